The van der Waals surface area contributed by atoms with Gasteiger partial charge in [0, 0.05) is 12.7 Å². The van der Waals surface area contributed by atoms with Crippen molar-refractivity contribution in [1.29, 1.82) is 0 Å². The minimum atomic E-state index is -0.573. The van der Waals surface area contributed by atoms with E-state index in [4.69, 9.17) is 14.2 Å². The zero-order valence-corrected chi connectivity index (χ0v) is 11.2. The van der Waals surface area contributed by atoms with Crippen LogP contribution in [-0.4, -0.2) is 45.4 Å². The van der Waals surface area contributed by atoms with Gasteiger partial charge in [-0.3, -0.25) is 4.79 Å². The van der Waals surface area contributed by atoms with Crippen molar-refractivity contribution in [2.75, 3.05) is 33.5 Å². The van der Waals surface area contributed by atoms with E-state index in [1.807, 2.05) is 0 Å². The lowest BCUT2D eigenvalue weighted by molar-refractivity contribution is 0.00355. The number of methoxy groups -OCH3 is 1. The number of ether oxygens (including phenoxy) is 3. The lowest BCUT2D eigenvalue weighted by atomic mass is 10.1. The molecule has 0 fully saturated rings. The molecule has 0 aliphatic heterocycles. The summed E-state index contributed by atoms with van der Waals surface area (Å²) in [7, 11) is 1.60. The van der Waals surface area contributed by atoms with Gasteiger partial charge in [0.15, 0.2) is 5.78 Å². The Bertz CT molecular complexity index is 378. The fourth-order valence-electron chi connectivity index (χ4n) is 1.45. The molecule has 0 N–H and O–H groups in total. The zero-order chi connectivity index (χ0) is 14.1. The molecule has 0 aliphatic rings. The topological polar surface area (TPSA) is 44.8 Å². The Labute approximate surface area is 112 Å². The smallest absolute Gasteiger partial charge is 0.191 e. The maximum Gasteiger partial charge on any atom is 0.191 e. The molecule has 0 amide bonds. The number of ketones is 1. The van der Waals surface area contributed by atoms with Crippen molar-refractivity contribution in [2.45, 2.75) is 13.0 Å². The molecule has 4 nitrogen and oxygen atoms in total. The van der Waals surface area contributed by atoms with Crippen molar-refractivity contribution in [3.05, 3.63) is 35.6 Å². The fraction of sp³-hybridized carbons (Fsp3) is 0.500. The van der Waals surface area contributed by atoms with E-state index >= 15 is 0 Å². The minimum Gasteiger partial charge on any atom is -0.382 e. The number of rotatable bonds is 9. The van der Waals surface area contributed by atoms with E-state index in [0.29, 0.717) is 32.0 Å². The van der Waals surface area contributed by atoms with Gasteiger partial charge >= 0.3 is 0 Å². The highest BCUT2D eigenvalue weighted by Crippen LogP contribution is 2.08. The second-order valence-electron chi connectivity index (χ2n) is 3.99. The van der Waals surface area contributed by atoms with Crippen molar-refractivity contribution in [3.63, 3.8) is 0 Å². The predicted octanol–water partition coefficient (Wildman–Crippen LogP) is 2.08. The normalized spacial score (nSPS) is 12.4. The molecule has 0 spiro atoms. The van der Waals surface area contributed by atoms with Crippen LogP contribution in [0.4, 0.5) is 4.39 Å². The number of Topliss-reactive ketones (excluding diaryl/α,β-unsaturated/α-hetero) is 1. The third-order valence-electron chi connectivity index (χ3n) is 2.53. The van der Waals surface area contributed by atoms with Crippen molar-refractivity contribution in [3.8, 4) is 0 Å². The van der Waals surface area contributed by atoms with E-state index in [1.165, 1.54) is 24.3 Å². The Morgan fingerprint density at radius 2 is 1.79 bits per heavy atom. The summed E-state index contributed by atoms with van der Waals surface area (Å²) < 4.78 is 28.1. The Morgan fingerprint density at radius 3 is 2.42 bits per heavy atom. The molecule has 106 valence electrons. The third-order valence-corrected chi connectivity index (χ3v) is 2.53. The van der Waals surface area contributed by atoms with Gasteiger partial charge < -0.3 is 14.2 Å². The van der Waals surface area contributed by atoms with Crippen LogP contribution in [0.15, 0.2) is 24.3 Å². The quantitative estimate of drug-likeness (QED) is 0.509. The van der Waals surface area contributed by atoms with Crippen LogP contribution in [0.2, 0.25) is 0 Å². The monoisotopic (exact) mass is 270 g/mol. The van der Waals surface area contributed by atoms with Gasteiger partial charge in [0.05, 0.1) is 26.4 Å². The third kappa shape index (κ3) is 5.92. The van der Waals surface area contributed by atoms with E-state index in [-0.39, 0.29) is 11.6 Å². The molecular formula is C14H19FO4. The van der Waals surface area contributed by atoms with Crippen LogP contribution in [0.1, 0.15) is 17.3 Å². The van der Waals surface area contributed by atoms with Crippen molar-refractivity contribution in [2.24, 2.45) is 0 Å². The van der Waals surface area contributed by atoms with E-state index in [9.17, 15) is 9.18 Å². The average Bonchev–Trinajstić information content (AvgIpc) is 2.42. The van der Waals surface area contributed by atoms with Gasteiger partial charge in [0.2, 0.25) is 0 Å². The summed E-state index contributed by atoms with van der Waals surface area (Å²) in [6.45, 7) is 3.44. The van der Waals surface area contributed by atoms with Crippen molar-refractivity contribution < 1.29 is 23.4 Å². The van der Waals surface area contributed by atoms with Crippen LogP contribution in [0, 0.1) is 5.82 Å². The second-order valence-corrected chi connectivity index (χ2v) is 3.99. The van der Waals surface area contributed by atoms with Crippen LogP contribution in [0.25, 0.3) is 0 Å². The average molecular weight is 270 g/mol. The molecular weight excluding hydrogens is 251 g/mol. The lowest BCUT2D eigenvalue weighted by Crippen LogP contribution is -2.23. The first-order valence-corrected chi connectivity index (χ1v) is 6.13. The Kier molecular flexibility index (Phi) is 7.25. The lowest BCUT2D eigenvalue weighted by Gasteiger charge is -2.12. The minimum absolute atomic E-state index is 0.170. The van der Waals surface area contributed by atoms with E-state index < -0.39 is 6.10 Å². The highest BCUT2D eigenvalue weighted by molar-refractivity contribution is 5.99. The first-order valence-electron chi connectivity index (χ1n) is 6.13. The predicted molar refractivity (Wildman–Crippen MR) is 68.8 cm³/mol. The number of hydrogen-bond acceptors (Lipinski definition) is 4. The molecule has 1 unspecified atom stereocenters. The number of carbonyl (C=O) groups is 1. The molecule has 1 aromatic carbocycles. The van der Waals surface area contributed by atoms with Crippen LogP contribution >= 0.6 is 0 Å². The van der Waals surface area contributed by atoms with Gasteiger partial charge in [-0.1, -0.05) is 0 Å². The SMILES string of the molecule is COCCOCCOC(C)C(=O)c1ccc(F)cc1. The van der Waals surface area contributed by atoms with E-state index in [1.54, 1.807) is 14.0 Å². The second kappa shape index (κ2) is 8.74. The maximum absolute atomic E-state index is 12.7. The van der Waals surface area contributed by atoms with Gasteiger partial charge in [-0.05, 0) is 31.2 Å². The first-order chi connectivity index (χ1) is 9.15. The molecule has 0 aliphatic carbocycles. The molecule has 1 atom stereocenters. The Hall–Kier alpha value is -1.30. The summed E-state index contributed by atoms with van der Waals surface area (Å²) >= 11 is 0. The van der Waals surface area contributed by atoms with Gasteiger partial charge in [0.25, 0.3) is 0 Å². The fourth-order valence-corrected chi connectivity index (χ4v) is 1.45. The maximum atomic E-state index is 12.7. The Balaban J connectivity index is 2.27. The molecule has 1 aromatic rings. The number of hydrogen-bond donors (Lipinski definition) is 0. The summed E-state index contributed by atoms with van der Waals surface area (Å²) in [5, 5.41) is 0. The van der Waals surface area contributed by atoms with Gasteiger partial charge in [0.1, 0.15) is 11.9 Å². The summed E-state index contributed by atoms with van der Waals surface area (Å²) in [5.41, 5.74) is 0.439. The highest BCUT2D eigenvalue weighted by Gasteiger charge is 2.15. The molecule has 19 heavy (non-hydrogen) atoms. The van der Waals surface area contributed by atoms with Crippen LogP contribution in [0.3, 0.4) is 0 Å². The molecule has 0 radical (unpaired) electrons. The van der Waals surface area contributed by atoms with Crippen molar-refractivity contribution >= 4 is 5.78 Å². The number of carbonyl (C=O) groups excluding carboxylic acids is 1. The molecule has 0 heterocycles. The molecule has 0 saturated heterocycles. The van der Waals surface area contributed by atoms with Gasteiger partial charge in [-0.15, -0.1) is 0 Å². The zero-order valence-electron chi connectivity index (χ0n) is 11.2. The van der Waals surface area contributed by atoms with E-state index in [2.05, 4.69) is 0 Å². The summed E-state index contributed by atoms with van der Waals surface area (Å²) in [4.78, 5) is 11.9. The highest BCUT2D eigenvalue weighted by atomic mass is 19.1. The first kappa shape index (κ1) is 15.8. The van der Waals surface area contributed by atoms with Crippen LogP contribution in [0.5, 0.6) is 0 Å². The van der Waals surface area contributed by atoms with Gasteiger partial charge in [-0.25, -0.2) is 4.39 Å². The van der Waals surface area contributed by atoms with E-state index in [0.717, 1.165) is 0 Å². The number of halogens is 1. The van der Waals surface area contributed by atoms with Gasteiger partial charge in [-0.2, -0.15) is 0 Å². The Morgan fingerprint density at radius 1 is 1.16 bits per heavy atom. The number of benzene rings is 1. The van der Waals surface area contributed by atoms with Crippen LogP contribution in [-0.2, 0) is 14.2 Å². The van der Waals surface area contributed by atoms with Crippen molar-refractivity contribution in [1.82, 2.24) is 0 Å². The molecule has 0 saturated carbocycles. The summed E-state index contributed by atoms with van der Waals surface area (Å²) in [6, 6.07) is 5.42. The largest absolute Gasteiger partial charge is 0.382 e. The van der Waals surface area contributed by atoms with Crippen LogP contribution < -0.4 is 0 Å². The summed E-state index contributed by atoms with van der Waals surface area (Å²) in [6.07, 6.45) is -0.573. The molecule has 5 heteroatoms. The standard InChI is InChI=1S/C14H19FO4/c1-11(19-10-9-18-8-7-17-2)14(16)12-3-5-13(15)6-4-12/h3-6,11H,7-10H2,1-2H3. The molecule has 0 bridgehead atoms. The molecule has 0 aromatic heterocycles. The molecule has 1 rings (SSSR count). The summed E-state index contributed by atoms with van der Waals surface area (Å²) in [5.74, 6) is -0.534.